The molecule has 4 nitrogen and oxygen atoms in total. The molecule has 0 aromatic rings. The Kier molecular flexibility index (Phi) is 5.65. The van der Waals surface area contributed by atoms with Crippen LogP contribution in [0.25, 0.3) is 0 Å². The van der Waals surface area contributed by atoms with Gasteiger partial charge in [-0.2, -0.15) is 0 Å². The first-order chi connectivity index (χ1) is 7.22. The van der Waals surface area contributed by atoms with Gasteiger partial charge < -0.3 is 16.0 Å². The van der Waals surface area contributed by atoms with Crippen LogP contribution in [0.5, 0.6) is 0 Å². The number of nitrogens with one attached hydrogen (secondary N) is 1. The number of carbonyl (C=O) groups excluding carboxylic acids is 1. The van der Waals surface area contributed by atoms with Gasteiger partial charge in [0.05, 0.1) is 0 Å². The van der Waals surface area contributed by atoms with Crippen LogP contribution in [0.2, 0.25) is 0 Å². The van der Waals surface area contributed by atoms with E-state index < -0.39 is 0 Å². The highest BCUT2D eigenvalue weighted by Crippen LogP contribution is 2.10. The number of likely N-dealkylation sites (tertiary alicyclic amines) is 1. The third-order valence-electron chi connectivity index (χ3n) is 2.93. The van der Waals surface area contributed by atoms with Crippen LogP contribution in [0.1, 0.15) is 32.6 Å². The Morgan fingerprint density at radius 2 is 2.13 bits per heavy atom. The third kappa shape index (κ3) is 5.14. The molecular weight excluding hydrogens is 190 g/mol. The number of carbonyl (C=O) groups is 1. The second kappa shape index (κ2) is 6.80. The predicted octanol–water partition coefficient (Wildman–Crippen LogP) is 0.326. The molecule has 0 saturated carbocycles. The van der Waals surface area contributed by atoms with E-state index >= 15 is 0 Å². The molecule has 0 unspecified atom stereocenters. The van der Waals surface area contributed by atoms with E-state index in [0.717, 1.165) is 6.54 Å². The van der Waals surface area contributed by atoms with E-state index in [0.29, 0.717) is 12.5 Å². The average Bonchev–Trinajstić information content (AvgIpc) is 2.20. The monoisotopic (exact) mass is 213 g/mol. The van der Waals surface area contributed by atoms with Gasteiger partial charge in [-0.25, -0.2) is 0 Å². The molecule has 15 heavy (non-hydrogen) atoms. The lowest BCUT2D eigenvalue weighted by molar-refractivity contribution is -0.117. The Balaban J connectivity index is 2.06. The van der Waals surface area contributed by atoms with Gasteiger partial charge in [0.1, 0.15) is 0 Å². The van der Waals surface area contributed by atoms with Crippen LogP contribution in [0.3, 0.4) is 0 Å². The lowest BCUT2D eigenvalue weighted by Crippen LogP contribution is -2.43. The van der Waals surface area contributed by atoms with Crippen molar-refractivity contribution in [3.8, 4) is 0 Å². The highest BCUT2D eigenvalue weighted by atomic mass is 16.1. The van der Waals surface area contributed by atoms with Crippen molar-refractivity contribution in [3.05, 3.63) is 0 Å². The molecule has 1 rings (SSSR count). The summed E-state index contributed by atoms with van der Waals surface area (Å²) in [4.78, 5) is 13.1. The number of rotatable bonds is 6. The lowest BCUT2D eigenvalue weighted by atomic mass is 10.0. The van der Waals surface area contributed by atoms with Crippen molar-refractivity contribution < 1.29 is 4.79 Å². The average molecular weight is 213 g/mol. The molecule has 0 aliphatic carbocycles. The molecule has 1 aliphatic heterocycles. The Labute approximate surface area is 92.2 Å². The van der Waals surface area contributed by atoms with Gasteiger partial charge in [0, 0.05) is 19.0 Å². The van der Waals surface area contributed by atoms with Gasteiger partial charge in [0.25, 0.3) is 0 Å². The Morgan fingerprint density at radius 3 is 2.67 bits per heavy atom. The number of hydrogen-bond acceptors (Lipinski definition) is 3. The standard InChI is InChI=1S/C11H23N3O/c1-2-7-14-8-4-10(5-9-14)13-6-3-11(12)15/h10,13H,2-9H2,1H3,(H2,12,15). The van der Waals surface area contributed by atoms with E-state index in [1.54, 1.807) is 0 Å². The van der Waals surface area contributed by atoms with E-state index in [9.17, 15) is 4.79 Å². The van der Waals surface area contributed by atoms with Crippen LogP contribution in [-0.2, 0) is 4.79 Å². The van der Waals surface area contributed by atoms with Crippen molar-refractivity contribution in [2.45, 2.75) is 38.6 Å². The molecule has 0 aromatic heterocycles. The number of primary amides is 1. The third-order valence-corrected chi connectivity index (χ3v) is 2.93. The van der Waals surface area contributed by atoms with Crippen LogP contribution in [0.15, 0.2) is 0 Å². The molecule has 0 bridgehead atoms. The van der Waals surface area contributed by atoms with Crippen molar-refractivity contribution in [1.29, 1.82) is 0 Å². The minimum atomic E-state index is -0.217. The molecule has 88 valence electrons. The Bertz CT molecular complexity index is 188. The smallest absolute Gasteiger partial charge is 0.218 e. The maximum Gasteiger partial charge on any atom is 0.218 e. The summed E-state index contributed by atoms with van der Waals surface area (Å²) in [6.45, 7) is 6.53. The summed E-state index contributed by atoms with van der Waals surface area (Å²) in [7, 11) is 0. The molecule has 0 atom stereocenters. The van der Waals surface area contributed by atoms with Gasteiger partial charge >= 0.3 is 0 Å². The largest absolute Gasteiger partial charge is 0.370 e. The molecule has 0 aromatic carbocycles. The summed E-state index contributed by atoms with van der Waals surface area (Å²) >= 11 is 0. The first-order valence-electron chi connectivity index (χ1n) is 5.96. The fourth-order valence-electron chi connectivity index (χ4n) is 2.08. The van der Waals surface area contributed by atoms with E-state index in [2.05, 4.69) is 17.1 Å². The summed E-state index contributed by atoms with van der Waals surface area (Å²) < 4.78 is 0. The highest BCUT2D eigenvalue weighted by Gasteiger charge is 2.17. The van der Waals surface area contributed by atoms with Crippen molar-refractivity contribution in [1.82, 2.24) is 10.2 Å². The van der Waals surface area contributed by atoms with Crippen molar-refractivity contribution in [3.63, 3.8) is 0 Å². The lowest BCUT2D eigenvalue weighted by Gasteiger charge is -2.32. The molecule has 1 fully saturated rings. The maximum absolute atomic E-state index is 10.6. The number of nitrogens with zero attached hydrogens (tertiary/aromatic N) is 1. The van der Waals surface area contributed by atoms with E-state index in [-0.39, 0.29) is 5.91 Å². The van der Waals surface area contributed by atoms with Gasteiger partial charge in [-0.15, -0.1) is 0 Å². The normalized spacial score (nSPS) is 19.3. The molecule has 3 N–H and O–H groups in total. The summed E-state index contributed by atoms with van der Waals surface area (Å²) in [5.41, 5.74) is 5.08. The molecule has 1 aliphatic rings. The number of piperidine rings is 1. The molecular formula is C11H23N3O. The van der Waals surface area contributed by atoms with E-state index in [4.69, 9.17) is 5.73 Å². The molecule has 4 heteroatoms. The molecule has 0 radical (unpaired) electrons. The topological polar surface area (TPSA) is 58.4 Å². The van der Waals surface area contributed by atoms with Gasteiger partial charge in [0.2, 0.25) is 5.91 Å². The summed E-state index contributed by atoms with van der Waals surface area (Å²) in [5.74, 6) is -0.217. The van der Waals surface area contributed by atoms with E-state index in [1.807, 2.05) is 0 Å². The first kappa shape index (κ1) is 12.5. The zero-order valence-electron chi connectivity index (χ0n) is 9.67. The molecule has 1 heterocycles. The summed E-state index contributed by atoms with van der Waals surface area (Å²) in [5, 5.41) is 3.39. The second-order valence-electron chi connectivity index (χ2n) is 4.29. The quantitative estimate of drug-likeness (QED) is 0.668. The summed E-state index contributed by atoms with van der Waals surface area (Å²) in [6, 6.07) is 0.581. The number of nitrogens with two attached hydrogens (primary N) is 1. The van der Waals surface area contributed by atoms with Crippen LogP contribution in [0.4, 0.5) is 0 Å². The van der Waals surface area contributed by atoms with Crippen molar-refractivity contribution in [2.24, 2.45) is 5.73 Å². The minimum absolute atomic E-state index is 0.217. The first-order valence-corrected chi connectivity index (χ1v) is 5.96. The predicted molar refractivity (Wildman–Crippen MR) is 61.6 cm³/mol. The second-order valence-corrected chi connectivity index (χ2v) is 4.29. The SMILES string of the molecule is CCCN1CCC(NCCC(N)=O)CC1. The van der Waals surface area contributed by atoms with Gasteiger partial charge in [0.15, 0.2) is 0 Å². The van der Waals surface area contributed by atoms with Crippen LogP contribution in [0, 0.1) is 0 Å². The Morgan fingerprint density at radius 1 is 1.47 bits per heavy atom. The fourth-order valence-corrected chi connectivity index (χ4v) is 2.08. The molecule has 0 spiro atoms. The van der Waals surface area contributed by atoms with Crippen LogP contribution < -0.4 is 11.1 Å². The van der Waals surface area contributed by atoms with Crippen molar-refractivity contribution >= 4 is 5.91 Å². The molecule has 1 saturated heterocycles. The van der Waals surface area contributed by atoms with Gasteiger partial charge in [-0.3, -0.25) is 4.79 Å². The van der Waals surface area contributed by atoms with Crippen molar-refractivity contribution in [2.75, 3.05) is 26.2 Å². The van der Waals surface area contributed by atoms with Gasteiger partial charge in [-0.05, 0) is 38.9 Å². The minimum Gasteiger partial charge on any atom is -0.370 e. The summed E-state index contributed by atoms with van der Waals surface area (Å²) in [6.07, 6.45) is 4.08. The fraction of sp³-hybridized carbons (Fsp3) is 0.909. The Hall–Kier alpha value is -0.610. The van der Waals surface area contributed by atoms with Crippen LogP contribution in [-0.4, -0.2) is 43.0 Å². The van der Waals surface area contributed by atoms with Crippen LogP contribution >= 0.6 is 0 Å². The maximum atomic E-state index is 10.6. The number of hydrogen-bond donors (Lipinski definition) is 2. The molecule has 1 amide bonds. The number of amides is 1. The van der Waals surface area contributed by atoms with E-state index in [1.165, 1.54) is 38.9 Å². The zero-order valence-corrected chi connectivity index (χ0v) is 9.67. The zero-order chi connectivity index (χ0) is 11.1. The highest BCUT2D eigenvalue weighted by molar-refractivity contribution is 5.73. The van der Waals surface area contributed by atoms with Gasteiger partial charge in [-0.1, -0.05) is 6.92 Å².